The second-order valence-corrected chi connectivity index (χ2v) is 6.44. The van der Waals surface area contributed by atoms with Gasteiger partial charge in [-0.05, 0) is 30.9 Å². The summed E-state index contributed by atoms with van der Waals surface area (Å²) in [6.45, 7) is 2.33. The zero-order valence-electron chi connectivity index (χ0n) is 14.4. The number of rotatable bonds is 4. The van der Waals surface area contributed by atoms with E-state index in [0.29, 0.717) is 27.9 Å². The number of aromatic nitrogens is 2. The monoisotopic (exact) mass is 420 g/mol. The lowest BCUT2D eigenvalue weighted by molar-refractivity contribution is 0.0678. The van der Waals surface area contributed by atoms with Crippen molar-refractivity contribution in [3.05, 3.63) is 41.2 Å². The van der Waals surface area contributed by atoms with Crippen LogP contribution in [0.1, 0.15) is 23.2 Å². The number of piperidine rings is 1. The second-order valence-electron chi connectivity index (χ2n) is 6.04. The van der Waals surface area contributed by atoms with Gasteiger partial charge in [-0.25, -0.2) is 0 Å². The van der Waals surface area contributed by atoms with E-state index in [2.05, 4.69) is 5.10 Å². The molecule has 0 saturated carbocycles. The summed E-state index contributed by atoms with van der Waals surface area (Å²) >= 11 is 6.07. The first-order valence-corrected chi connectivity index (χ1v) is 8.36. The highest BCUT2D eigenvalue weighted by Crippen LogP contribution is 2.31. The van der Waals surface area contributed by atoms with Crippen LogP contribution in [0.2, 0.25) is 5.02 Å². The predicted octanol–water partition coefficient (Wildman–Crippen LogP) is 3.52. The van der Waals surface area contributed by atoms with Crippen LogP contribution < -0.4 is 10.5 Å². The number of carbonyl (C=O) groups is 1. The Morgan fingerprint density at radius 3 is 2.62 bits per heavy atom. The number of hydrogen-bond acceptors (Lipinski definition) is 4. The molecule has 1 aromatic heterocycles. The quantitative estimate of drug-likeness (QED) is 0.767. The van der Waals surface area contributed by atoms with Gasteiger partial charge in [-0.15, -0.1) is 24.8 Å². The van der Waals surface area contributed by atoms with Gasteiger partial charge in [0, 0.05) is 38.1 Å². The highest BCUT2D eigenvalue weighted by Gasteiger charge is 2.26. The topological polar surface area (TPSA) is 73.4 Å². The first kappa shape index (κ1) is 22.4. The van der Waals surface area contributed by atoms with E-state index >= 15 is 0 Å². The molecule has 2 N–H and O–H groups in total. The Bertz CT molecular complexity index is 717. The average Bonchev–Trinajstić information content (AvgIpc) is 3.10. The Morgan fingerprint density at radius 1 is 1.35 bits per heavy atom. The van der Waals surface area contributed by atoms with Gasteiger partial charge in [0.25, 0.3) is 5.91 Å². The highest BCUT2D eigenvalue weighted by molar-refractivity contribution is 6.33. The largest absolute Gasteiger partial charge is 0.496 e. The molecule has 0 atom stereocenters. The number of methoxy groups -OCH3 is 1. The van der Waals surface area contributed by atoms with Gasteiger partial charge in [0.15, 0.2) is 0 Å². The third-order valence-corrected chi connectivity index (χ3v) is 4.78. The fourth-order valence-corrected chi connectivity index (χ4v) is 3.23. The number of likely N-dealkylation sites (tertiary alicyclic amines) is 1. The molecule has 1 fully saturated rings. The van der Waals surface area contributed by atoms with Gasteiger partial charge in [0.05, 0.1) is 23.4 Å². The smallest absolute Gasteiger partial charge is 0.257 e. The predicted molar refractivity (Wildman–Crippen MR) is 108 cm³/mol. The van der Waals surface area contributed by atoms with Crippen molar-refractivity contribution >= 4 is 48.0 Å². The standard InChI is InChI=1S/C17H21ClN4O2.2ClH/c1-24-16-10-15(19)14(18)9-13(16)17(23)21-7-3-12(4-8-21)11-22-6-2-5-20-22;;/h2,5-6,9-10,12H,3-4,7-8,11,19H2,1H3;2*1H. The van der Waals surface area contributed by atoms with Crippen molar-refractivity contribution in [1.29, 1.82) is 0 Å². The summed E-state index contributed by atoms with van der Waals surface area (Å²) in [6, 6.07) is 5.11. The van der Waals surface area contributed by atoms with Crippen LogP contribution >= 0.6 is 36.4 Å². The van der Waals surface area contributed by atoms with E-state index in [-0.39, 0.29) is 30.7 Å². The molecule has 6 nitrogen and oxygen atoms in total. The van der Waals surface area contributed by atoms with E-state index in [9.17, 15) is 4.79 Å². The Labute approximate surface area is 170 Å². The minimum absolute atomic E-state index is 0. The molecule has 1 amide bonds. The third-order valence-electron chi connectivity index (χ3n) is 4.46. The Morgan fingerprint density at radius 2 is 2.04 bits per heavy atom. The Balaban J connectivity index is 0.00000169. The first-order valence-electron chi connectivity index (χ1n) is 7.98. The Kier molecular flexibility index (Phi) is 8.53. The molecule has 0 spiro atoms. The lowest BCUT2D eigenvalue weighted by Crippen LogP contribution is -2.39. The first-order chi connectivity index (χ1) is 11.6. The van der Waals surface area contributed by atoms with Crippen molar-refractivity contribution in [1.82, 2.24) is 14.7 Å². The van der Waals surface area contributed by atoms with Crippen molar-refractivity contribution in [2.75, 3.05) is 25.9 Å². The number of carbonyl (C=O) groups excluding carboxylic acids is 1. The molecule has 2 heterocycles. The van der Waals surface area contributed by atoms with Crippen LogP contribution in [-0.2, 0) is 6.54 Å². The van der Waals surface area contributed by atoms with Gasteiger partial charge < -0.3 is 15.4 Å². The van der Waals surface area contributed by atoms with E-state index in [1.807, 2.05) is 21.8 Å². The SMILES string of the molecule is COc1cc(N)c(Cl)cc1C(=O)N1CCC(Cn2cccn2)CC1.Cl.Cl. The van der Waals surface area contributed by atoms with Crippen molar-refractivity contribution in [3.63, 3.8) is 0 Å². The number of nitrogens with zero attached hydrogens (tertiary/aromatic N) is 3. The van der Waals surface area contributed by atoms with E-state index in [1.54, 1.807) is 18.3 Å². The number of ether oxygens (including phenoxy) is 1. The fraction of sp³-hybridized carbons (Fsp3) is 0.412. The second kappa shape index (κ2) is 9.90. The maximum Gasteiger partial charge on any atom is 0.257 e. The molecule has 3 rings (SSSR count). The minimum Gasteiger partial charge on any atom is -0.496 e. The summed E-state index contributed by atoms with van der Waals surface area (Å²) in [5, 5.41) is 4.61. The van der Waals surface area contributed by atoms with Crippen LogP contribution in [0.3, 0.4) is 0 Å². The van der Waals surface area contributed by atoms with Gasteiger partial charge in [-0.1, -0.05) is 11.6 Å². The molecule has 0 unspecified atom stereocenters. The summed E-state index contributed by atoms with van der Waals surface area (Å²) in [7, 11) is 1.52. The number of hydrogen-bond donors (Lipinski definition) is 1. The molecule has 0 aliphatic carbocycles. The number of nitrogens with two attached hydrogens (primary N) is 1. The normalized spacial score (nSPS) is 14.3. The van der Waals surface area contributed by atoms with Crippen LogP contribution in [0.15, 0.2) is 30.6 Å². The van der Waals surface area contributed by atoms with Gasteiger partial charge in [-0.3, -0.25) is 9.48 Å². The van der Waals surface area contributed by atoms with E-state index < -0.39 is 0 Å². The molecule has 9 heteroatoms. The van der Waals surface area contributed by atoms with Gasteiger partial charge in [0.2, 0.25) is 0 Å². The lowest BCUT2D eigenvalue weighted by atomic mass is 9.96. The van der Waals surface area contributed by atoms with Crippen LogP contribution in [0.4, 0.5) is 5.69 Å². The van der Waals surface area contributed by atoms with Crippen LogP contribution in [0.5, 0.6) is 5.75 Å². The third kappa shape index (κ3) is 4.96. The molecular weight excluding hydrogens is 399 g/mol. The maximum atomic E-state index is 12.8. The number of halogens is 3. The summed E-state index contributed by atoms with van der Waals surface area (Å²) in [5.41, 5.74) is 6.65. The van der Waals surface area contributed by atoms with E-state index in [0.717, 1.165) is 32.5 Å². The van der Waals surface area contributed by atoms with Crippen molar-refractivity contribution in [2.45, 2.75) is 19.4 Å². The van der Waals surface area contributed by atoms with Gasteiger partial charge in [-0.2, -0.15) is 5.10 Å². The summed E-state index contributed by atoms with van der Waals surface area (Å²) < 4.78 is 7.24. The molecule has 0 radical (unpaired) electrons. The van der Waals surface area contributed by atoms with Crippen molar-refractivity contribution < 1.29 is 9.53 Å². The molecular formula is C17H23Cl3N4O2. The average molecular weight is 422 g/mol. The van der Waals surface area contributed by atoms with Crippen LogP contribution in [0.25, 0.3) is 0 Å². The maximum absolute atomic E-state index is 12.8. The van der Waals surface area contributed by atoms with Crippen LogP contribution in [0, 0.1) is 5.92 Å². The lowest BCUT2D eigenvalue weighted by Gasteiger charge is -2.32. The van der Waals surface area contributed by atoms with Gasteiger partial charge in [0.1, 0.15) is 5.75 Å². The molecule has 1 aliphatic rings. The summed E-state index contributed by atoms with van der Waals surface area (Å²) in [6.07, 6.45) is 5.67. The Hall–Kier alpha value is -1.63. The number of benzene rings is 1. The molecule has 1 aromatic carbocycles. The number of amides is 1. The summed E-state index contributed by atoms with van der Waals surface area (Å²) in [5.74, 6) is 0.928. The zero-order chi connectivity index (χ0) is 17.1. The van der Waals surface area contributed by atoms with Crippen LogP contribution in [-0.4, -0.2) is 40.8 Å². The van der Waals surface area contributed by atoms with E-state index in [4.69, 9.17) is 22.1 Å². The van der Waals surface area contributed by atoms with Crippen molar-refractivity contribution in [2.24, 2.45) is 5.92 Å². The molecule has 0 bridgehead atoms. The van der Waals surface area contributed by atoms with Crippen molar-refractivity contribution in [3.8, 4) is 5.75 Å². The number of nitrogen functional groups attached to an aromatic ring is 1. The highest BCUT2D eigenvalue weighted by atomic mass is 35.5. The molecule has 2 aromatic rings. The van der Waals surface area contributed by atoms with E-state index in [1.165, 1.54) is 7.11 Å². The molecule has 1 aliphatic heterocycles. The summed E-state index contributed by atoms with van der Waals surface area (Å²) in [4.78, 5) is 14.6. The minimum atomic E-state index is -0.0636. The zero-order valence-corrected chi connectivity index (χ0v) is 16.8. The van der Waals surface area contributed by atoms with Gasteiger partial charge >= 0.3 is 0 Å². The number of anilines is 1. The molecule has 26 heavy (non-hydrogen) atoms. The fourth-order valence-electron chi connectivity index (χ4n) is 3.07. The molecule has 1 saturated heterocycles. The molecule has 144 valence electrons.